The fourth-order valence-electron chi connectivity index (χ4n) is 2.55. The van der Waals surface area contributed by atoms with E-state index in [9.17, 15) is 4.39 Å². The van der Waals surface area contributed by atoms with Crippen molar-refractivity contribution in [3.8, 4) is 0 Å². The van der Waals surface area contributed by atoms with Crippen molar-refractivity contribution >= 4 is 11.3 Å². The van der Waals surface area contributed by atoms with E-state index in [2.05, 4.69) is 5.32 Å². The Morgan fingerprint density at radius 1 is 1.47 bits per heavy atom. The summed E-state index contributed by atoms with van der Waals surface area (Å²) in [4.78, 5) is 1.29. The highest BCUT2D eigenvalue weighted by Crippen LogP contribution is 2.38. The Morgan fingerprint density at radius 3 is 3.00 bits per heavy atom. The maximum atomic E-state index is 13.5. The molecule has 0 bridgehead atoms. The second kappa shape index (κ2) is 4.62. The third-order valence-electron chi connectivity index (χ3n) is 3.28. The van der Waals surface area contributed by atoms with Crippen LogP contribution >= 0.6 is 11.3 Å². The lowest BCUT2D eigenvalue weighted by Gasteiger charge is -2.15. The smallest absolute Gasteiger partial charge is 0.179 e. The van der Waals surface area contributed by atoms with Crippen molar-refractivity contribution in [2.75, 3.05) is 13.6 Å². The Kier molecular flexibility index (Phi) is 3.42. The molecule has 0 saturated carbocycles. The standard InChI is InChI=1S/C12H18FNS/c1-8-11-9(7-14-2)5-3-4-6-10(11)15-12(8)13/h9,14H,3-7H2,1-2H3/t9-/m0/s1. The number of thiophene rings is 1. The van der Waals surface area contributed by atoms with Gasteiger partial charge in [0.2, 0.25) is 0 Å². The van der Waals surface area contributed by atoms with E-state index in [1.54, 1.807) is 0 Å². The van der Waals surface area contributed by atoms with Gasteiger partial charge in [-0.25, -0.2) is 0 Å². The van der Waals surface area contributed by atoms with Crippen LogP contribution in [0.25, 0.3) is 0 Å². The quantitative estimate of drug-likeness (QED) is 0.765. The van der Waals surface area contributed by atoms with Gasteiger partial charge < -0.3 is 5.32 Å². The summed E-state index contributed by atoms with van der Waals surface area (Å²) >= 11 is 1.37. The van der Waals surface area contributed by atoms with Crippen molar-refractivity contribution in [2.24, 2.45) is 0 Å². The second-order valence-electron chi connectivity index (χ2n) is 4.34. The van der Waals surface area contributed by atoms with Crippen LogP contribution in [-0.2, 0) is 6.42 Å². The Hall–Kier alpha value is -0.410. The lowest BCUT2D eigenvalue weighted by Crippen LogP contribution is -2.17. The fourth-order valence-corrected chi connectivity index (χ4v) is 3.70. The van der Waals surface area contributed by atoms with E-state index in [0.717, 1.165) is 18.5 Å². The number of rotatable bonds is 2. The van der Waals surface area contributed by atoms with Gasteiger partial charge in [-0.05, 0) is 50.3 Å². The average Bonchev–Trinajstić information content (AvgIpc) is 2.38. The van der Waals surface area contributed by atoms with Crippen molar-refractivity contribution in [3.05, 3.63) is 21.1 Å². The molecule has 84 valence electrons. The predicted molar refractivity (Wildman–Crippen MR) is 63.2 cm³/mol. The molecular weight excluding hydrogens is 209 g/mol. The van der Waals surface area contributed by atoms with Gasteiger partial charge in [-0.2, -0.15) is 4.39 Å². The van der Waals surface area contributed by atoms with Crippen LogP contribution in [-0.4, -0.2) is 13.6 Å². The Morgan fingerprint density at radius 2 is 2.27 bits per heavy atom. The van der Waals surface area contributed by atoms with E-state index in [4.69, 9.17) is 0 Å². The van der Waals surface area contributed by atoms with Crippen molar-refractivity contribution in [3.63, 3.8) is 0 Å². The van der Waals surface area contributed by atoms with E-state index in [-0.39, 0.29) is 5.13 Å². The van der Waals surface area contributed by atoms with Gasteiger partial charge >= 0.3 is 0 Å². The maximum Gasteiger partial charge on any atom is 0.179 e. The maximum absolute atomic E-state index is 13.5. The SMILES string of the molecule is CNC[C@@H]1CCCCc2sc(F)c(C)c21. The van der Waals surface area contributed by atoms with Crippen molar-refractivity contribution in [1.29, 1.82) is 0 Å². The summed E-state index contributed by atoms with van der Waals surface area (Å²) < 4.78 is 13.5. The number of hydrogen-bond acceptors (Lipinski definition) is 2. The molecule has 1 heterocycles. The zero-order valence-corrected chi connectivity index (χ0v) is 10.2. The normalized spacial score (nSPS) is 21.1. The molecule has 0 aliphatic heterocycles. The molecule has 1 aliphatic carbocycles. The van der Waals surface area contributed by atoms with Crippen LogP contribution in [0.4, 0.5) is 4.39 Å². The molecular formula is C12H18FNS. The van der Waals surface area contributed by atoms with Crippen LogP contribution in [0.5, 0.6) is 0 Å². The summed E-state index contributed by atoms with van der Waals surface area (Å²) in [6.07, 6.45) is 4.76. The predicted octanol–water partition coefficient (Wildman–Crippen LogP) is 3.23. The molecule has 3 heteroatoms. The molecule has 1 aromatic heterocycles. The van der Waals surface area contributed by atoms with E-state index in [1.165, 1.54) is 41.0 Å². The van der Waals surface area contributed by atoms with E-state index in [0.29, 0.717) is 5.92 Å². The molecule has 0 radical (unpaired) electrons. The van der Waals surface area contributed by atoms with E-state index < -0.39 is 0 Å². The molecule has 0 fully saturated rings. The Labute approximate surface area is 94.7 Å². The third-order valence-corrected chi connectivity index (χ3v) is 4.43. The highest BCUT2D eigenvalue weighted by Gasteiger charge is 2.24. The van der Waals surface area contributed by atoms with Crippen molar-refractivity contribution in [1.82, 2.24) is 5.32 Å². The number of likely N-dealkylation sites (N-methyl/N-ethyl adjacent to an activating group) is 1. The van der Waals surface area contributed by atoms with Crippen LogP contribution < -0.4 is 5.32 Å². The lowest BCUT2D eigenvalue weighted by atomic mass is 9.93. The zero-order valence-electron chi connectivity index (χ0n) is 9.40. The molecule has 1 nitrogen and oxygen atoms in total. The van der Waals surface area contributed by atoms with Gasteiger partial charge in [-0.1, -0.05) is 6.42 Å². The first-order valence-electron chi connectivity index (χ1n) is 5.66. The average molecular weight is 227 g/mol. The summed E-state index contributed by atoms with van der Waals surface area (Å²) in [6.45, 7) is 2.91. The molecule has 0 aromatic carbocycles. The van der Waals surface area contributed by atoms with Gasteiger partial charge in [-0.15, -0.1) is 11.3 Å². The van der Waals surface area contributed by atoms with Crippen LogP contribution in [0.1, 0.15) is 41.2 Å². The molecule has 0 spiro atoms. The Balaban J connectivity index is 2.37. The summed E-state index contributed by atoms with van der Waals surface area (Å²) in [5, 5.41) is 3.26. The van der Waals surface area contributed by atoms with Crippen LogP contribution in [0.3, 0.4) is 0 Å². The second-order valence-corrected chi connectivity index (χ2v) is 5.39. The third kappa shape index (κ3) is 2.08. The molecule has 2 rings (SSSR count). The van der Waals surface area contributed by atoms with Crippen LogP contribution in [0, 0.1) is 12.1 Å². The highest BCUT2D eigenvalue weighted by atomic mass is 32.1. The fraction of sp³-hybridized carbons (Fsp3) is 0.667. The number of aryl methyl sites for hydroxylation is 1. The molecule has 1 N–H and O–H groups in total. The molecule has 15 heavy (non-hydrogen) atoms. The van der Waals surface area contributed by atoms with Gasteiger partial charge in [0.15, 0.2) is 5.13 Å². The minimum absolute atomic E-state index is 0.0306. The number of hydrogen-bond donors (Lipinski definition) is 1. The summed E-state index contributed by atoms with van der Waals surface area (Å²) in [5.41, 5.74) is 2.21. The van der Waals surface area contributed by atoms with Crippen molar-refractivity contribution in [2.45, 2.75) is 38.5 Å². The monoisotopic (exact) mass is 227 g/mol. The van der Waals surface area contributed by atoms with Gasteiger partial charge in [0, 0.05) is 11.4 Å². The topological polar surface area (TPSA) is 12.0 Å². The lowest BCUT2D eigenvalue weighted by molar-refractivity contribution is 0.559. The number of nitrogens with one attached hydrogen (secondary N) is 1. The van der Waals surface area contributed by atoms with E-state index in [1.807, 2.05) is 14.0 Å². The number of fused-ring (bicyclic) bond motifs is 1. The van der Waals surface area contributed by atoms with Crippen LogP contribution in [0.2, 0.25) is 0 Å². The molecule has 0 amide bonds. The minimum Gasteiger partial charge on any atom is -0.319 e. The van der Waals surface area contributed by atoms with Crippen molar-refractivity contribution < 1.29 is 4.39 Å². The molecule has 0 unspecified atom stereocenters. The number of halogens is 1. The van der Waals surface area contributed by atoms with E-state index >= 15 is 0 Å². The highest BCUT2D eigenvalue weighted by molar-refractivity contribution is 7.10. The van der Waals surface area contributed by atoms with Gasteiger partial charge in [0.25, 0.3) is 0 Å². The summed E-state index contributed by atoms with van der Waals surface area (Å²) in [7, 11) is 1.97. The first kappa shape index (κ1) is 11.1. The zero-order chi connectivity index (χ0) is 10.8. The molecule has 1 atom stereocenters. The Bertz CT molecular complexity index is 346. The molecule has 0 saturated heterocycles. The van der Waals surface area contributed by atoms with Crippen LogP contribution in [0.15, 0.2) is 0 Å². The molecule has 1 aliphatic rings. The van der Waals surface area contributed by atoms with Gasteiger partial charge in [-0.3, -0.25) is 0 Å². The van der Waals surface area contributed by atoms with Gasteiger partial charge in [0.1, 0.15) is 0 Å². The summed E-state index contributed by atoms with van der Waals surface area (Å²) in [6, 6.07) is 0. The first-order valence-corrected chi connectivity index (χ1v) is 6.48. The first-order chi connectivity index (χ1) is 7.24. The minimum atomic E-state index is 0.0306. The molecule has 1 aromatic rings. The summed E-state index contributed by atoms with van der Waals surface area (Å²) in [5.74, 6) is 0.522. The largest absolute Gasteiger partial charge is 0.319 e. The van der Waals surface area contributed by atoms with Gasteiger partial charge in [0.05, 0.1) is 0 Å².